The molecule has 0 radical (unpaired) electrons. The second kappa shape index (κ2) is 5.65. The van der Waals surface area contributed by atoms with Crippen LogP contribution in [0.1, 0.15) is 31.2 Å². The quantitative estimate of drug-likeness (QED) is 0.892. The van der Waals surface area contributed by atoms with E-state index >= 15 is 0 Å². The Kier molecular flexibility index (Phi) is 4.17. The molecule has 0 spiro atoms. The Morgan fingerprint density at radius 1 is 1.33 bits per heavy atom. The summed E-state index contributed by atoms with van der Waals surface area (Å²) < 4.78 is 30.3. The Morgan fingerprint density at radius 3 is 2.61 bits per heavy atom. The van der Waals surface area contributed by atoms with Gasteiger partial charge >= 0.3 is 0 Å². The summed E-state index contributed by atoms with van der Waals surface area (Å²) >= 11 is 0. The molecule has 1 fully saturated rings. The Morgan fingerprint density at radius 2 is 2.06 bits per heavy atom. The van der Waals surface area contributed by atoms with Gasteiger partial charge in [0.25, 0.3) is 5.92 Å². The lowest BCUT2D eigenvalue weighted by molar-refractivity contribution is -0.0229. The number of benzene rings is 1. The van der Waals surface area contributed by atoms with E-state index in [1.807, 2.05) is 12.1 Å². The Balaban J connectivity index is 1.92. The fourth-order valence-electron chi connectivity index (χ4n) is 2.18. The molecule has 1 aromatic rings. The van der Waals surface area contributed by atoms with E-state index in [1.165, 1.54) is 18.4 Å². The van der Waals surface area contributed by atoms with E-state index < -0.39 is 12.5 Å². The van der Waals surface area contributed by atoms with Gasteiger partial charge < -0.3 is 10.1 Å². The summed E-state index contributed by atoms with van der Waals surface area (Å²) in [5.74, 6) is -1.75. The van der Waals surface area contributed by atoms with Crippen molar-refractivity contribution in [2.45, 2.75) is 31.6 Å². The van der Waals surface area contributed by atoms with Crippen molar-refractivity contribution < 1.29 is 13.5 Å². The van der Waals surface area contributed by atoms with Gasteiger partial charge in [0.15, 0.2) is 6.61 Å². The van der Waals surface area contributed by atoms with Crippen molar-refractivity contribution in [3.05, 3.63) is 29.8 Å². The number of piperidine rings is 1. The van der Waals surface area contributed by atoms with Crippen LogP contribution in [-0.2, 0) is 0 Å². The first-order valence-corrected chi connectivity index (χ1v) is 6.36. The van der Waals surface area contributed by atoms with E-state index in [0.29, 0.717) is 11.7 Å². The summed E-state index contributed by atoms with van der Waals surface area (Å²) in [4.78, 5) is 0. The molecule has 0 bridgehead atoms. The van der Waals surface area contributed by atoms with Crippen LogP contribution in [0.2, 0.25) is 0 Å². The molecular weight excluding hydrogens is 236 g/mol. The molecule has 1 N–H and O–H groups in total. The maximum absolute atomic E-state index is 12.6. The van der Waals surface area contributed by atoms with Crippen LogP contribution in [-0.4, -0.2) is 25.6 Å². The topological polar surface area (TPSA) is 21.3 Å². The lowest BCUT2D eigenvalue weighted by atomic mass is 9.92. The zero-order valence-electron chi connectivity index (χ0n) is 10.6. The molecule has 0 aromatic heterocycles. The van der Waals surface area contributed by atoms with Crippen molar-refractivity contribution in [1.29, 1.82) is 0 Å². The second-order valence-corrected chi connectivity index (χ2v) is 4.97. The first-order valence-electron chi connectivity index (χ1n) is 6.36. The SMILES string of the molecule is CC(F)(F)COc1ccc(C2CCCNC2)cc1. The van der Waals surface area contributed by atoms with Gasteiger partial charge in [0.05, 0.1) is 0 Å². The van der Waals surface area contributed by atoms with Gasteiger partial charge in [-0.1, -0.05) is 12.1 Å². The minimum atomic E-state index is -2.79. The number of halogens is 2. The first kappa shape index (κ1) is 13.3. The fraction of sp³-hybridized carbons (Fsp3) is 0.571. The van der Waals surface area contributed by atoms with E-state index in [-0.39, 0.29) is 0 Å². The molecule has 0 aliphatic carbocycles. The lowest BCUT2D eigenvalue weighted by Crippen LogP contribution is -2.28. The maximum atomic E-state index is 12.6. The molecule has 1 aromatic carbocycles. The van der Waals surface area contributed by atoms with E-state index in [4.69, 9.17) is 4.74 Å². The number of hydrogen-bond acceptors (Lipinski definition) is 2. The number of rotatable bonds is 4. The van der Waals surface area contributed by atoms with Crippen LogP contribution < -0.4 is 10.1 Å². The molecule has 0 saturated carbocycles. The van der Waals surface area contributed by atoms with Crippen molar-refractivity contribution in [3.63, 3.8) is 0 Å². The summed E-state index contributed by atoms with van der Waals surface area (Å²) in [7, 11) is 0. The molecule has 1 heterocycles. The van der Waals surface area contributed by atoms with Gasteiger partial charge in [-0.15, -0.1) is 0 Å². The third kappa shape index (κ3) is 3.95. The molecule has 1 atom stereocenters. The zero-order valence-corrected chi connectivity index (χ0v) is 10.6. The van der Waals surface area contributed by atoms with Crippen molar-refractivity contribution in [3.8, 4) is 5.75 Å². The van der Waals surface area contributed by atoms with Gasteiger partial charge in [0.1, 0.15) is 5.75 Å². The molecule has 4 heteroatoms. The molecule has 1 unspecified atom stereocenters. The third-order valence-corrected chi connectivity index (χ3v) is 3.14. The third-order valence-electron chi connectivity index (χ3n) is 3.14. The van der Waals surface area contributed by atoms with E-state index in [0.717, 1.165) is 20.0 Å². The van der Waals surface area contributed by atoms with Gasteiger partial charge in [-0.05, 0) is 43.0 Å². The fourth-order valence-corrected chi connectivity index (χ4v) is 2.18. The molecule has 2 nitrogen and oxygen atoms in total. The van der Waals surface area contributed by atoms with Crippen LogP contribution in [0.3, 0.4) is 0 Å². The van der Waals surface area contributed by atoms with Gasteiger partial charge in [-0.25, -0.2) is 8.78 Å². The van der Waals surface area contributed by atoms with Gasteiger partial charge in [-0.3, -0.25) is 0 Å². The number of alkyl halides is 2. The second-order valence-electron chi connectivity index (χ2n) is 4.97. The highest BCUT2D eigenvalue weighted by Gasteiger charge is 2.22. The number of ether oxygens (including phenoxy) is 1. The maximum Gasteiger partial charge on any atom is 0.278 e. The van der Waals surface area contributed by atoms with Crippen molar-refractivity contribution in [2.24, 2.45) is 0 Å². The van der Waals surface area contributed by atoms with Gasteiger partial charge in [-0.2, -0.15) is 0 Å². The van der Waals surface area contributed by atoms with Crippen LogP contribution in [0.4, 0.5) is 8.78 Å². The molecule has 2 rings (SSSR count). The minimum Gasteiger partial charge on any atom is -0.487 e. The summed E-state index contributed by atoms with van der Waals surface area (Å²) in [6.07, 6.45) is 2.37. The highest BCUT2D eigenvalue weighted by atomic mass is 19.3. The van der Waals surface area contributed by atoms with Gasteiger partial charge in [0.2, 0.25) is 0 Å². The largest absolute Gasteiger partial charge is 0.487 e. The summed E-state index contributed by atoms with van der Waals surface area (Å²) in [5.41, 5.74) is 1.25. The molecule has 0 amide bonds. The van der Waals surface area contributed by atoms with Crippen LogP contribution >= 0.6 is 0 Å². The summed E-state index contributed by atoms with van der Waals surface area (Å²) in [6, 6.07) is 7.49. The standard InChI is InChI=1S/C14H19F2NO/c1-14(15,16)10-18-13-6-4-11(5-7-13)12-3-2-8-17-9-12/h4-7,12,17H,2-3,8-10H2,1H3. The van der Waals surface area contributed by atoms with E-state index in [2.05, 4.69) is 5.32 Å². The predicted molar refractivity (Wildman–Crippen MR) is 67.4 cm³/mol. The Hall–Kier alpha value is -1.16. The summed E-state index contributed by atoms with van der Waals surface area (Å²) in [6.45, 7) is 2.36. The molecule has 1 aliphatic heterocycles. The Bertz CT molecular complexity index is 366. The normalized spacial score (nSPS) is 20.7. The summed E-state index contributed by atoms with van der Waals surface area (Å²) in [5, 5.41) is 3.36. The van der Waals surface area contributed by atoms with E-state index in [9.17, 15) is 8.78 Å². The van der Waals surface area contributed by atoms with Crippen LogP contribution in [0.5, 0.6) is 5.75 Å². The smallest absolute Gasteiger partial charge is 0.278 e. The number of nitrogens with one attached hydrogen (secondary N) is 1. The Labute approximate surface area is 106 Å². The average Bonchev–Trinajstić information content (AvgIpc) is 2.37. The van der Waals surface area contributed by atoms with Crippen LogP contribution in [0.25, 0.3) is 0 Å². The molecule has 1 aliphatic rings. The lowest BCUT2D eigenvalue weighted by Gasteiger charge is -2.23. The van der Waals surface area contributed by atoms with Crippen LogP contribution in [0, 0.1) is 0 Å². The highest BCUT2D eigenvalue weighted by Crippen LogP contribution is 2.25. The average molecular weight is 255 g/mol. The zero-order chi connectivity index (χ0) is 13.0. The molecule has 18 heavy (non-hydrogen) atoms. The van der Waals surface area contributed by atoms with Gasteiger partial charge in [0, 0.05) is 13.5 Å². The number of hydrogen-bond donors (Lipinski definition) is 1. The molecular formula is C14H19F2NO. The van der Waals surface area contributed by atoms with Crippen LogP contribution in [0.15, 0.2) is 24.3 Å². The van der Waals surface area contributed by atoms with Crippen molar-refractivity contribution in [1.82, 2.24) is 5.32 Å². The van der Waals surface area contributed by atoms with Crippen molar-refractivity contribution in [2.75, 3.05) is 19.7 Å². The van der Waals surface area contributed by atoms with E-state index in [1.54, 1.807) is 12.1 Å². The molecule has 1 saturated heterocycles. The predicted octanol–water partition coefficient (Wildman–Crippen LogP) is 3.19. The first-order chi connectivity index (χ1) is 8.54. The minimum absolute atomic E-state index is 0.504. The van der Waals surface area contributed by atoms with Crippen molar-refractivity contribution >= 4 is 0 Å². The monoisotopic (exact) mass is 255 g/mol. The highest BCUT2D eigenvalue weighted by molar-refractivity contribution is 5.30. The molecule has 100 valence electrons.